The van der Waals surface area contributed by atoms with Gasteiger partial charge in [-0.2, -0.15) is 0 Å². The van der Waals surface area contributed by atoms with E-state index in [1.54, 1.807) is 0 Å². The molecule has 2 aliphatic rings. The fraction of sp³-hybridized carbons (Fsp3) is 0.562. The molecule has 2 atom stereocenters. The lowest BCUT2D eigenvalue weighted by Gasteiger charge is -2.43. The van der Waals surface area contributed by atoms with Gasteiger partial charge in [-0.25, -0.2) is 0 Å². The van der Waals surface area contributed by atoms with E-state index < -0.39 is 11.4 Å². The highest BCUT2D eigenvalue weighted by Crippen LogP contribution is 2.45. The Morgan fingerprint density at radius 2 is 2.16 bits per heavy atom. The Morgan fingerprint density at radius 3 is 2.89 bits per heavy atom. The number of aryl methyl sites for hydroxylation is 1. The normalized spacial score (nSPS) is 30.6. The van der Waals surface area contributed by atoms with E-state index in [-0.39, 0.29) is 5.92 Å². The van der Waals surface area contributed by atoms with E-state index in [0.717, 1.165) is 44.3 Å². The molecule has 0 bridgehead atoms. The summed E-state index contributed by atoms with van der Waals surface area (Å²) in [6.07, 6.45) is 4.63. The highest BCUT2D eigenvalue weighted by Gasteiger charge is 2.49. The summed E-state index contributed by atoms with van der Waals surface area (Å²) in [5.41, 5.74) is 1.51. The van der Waals surface area contributed by atoms with Crippen LogP contribution >= 0.6 is 0 Å². The van der Waals surface area contributed by atoms with Gasteiger partial charge in [0.15, 0.2) is 0 Å². The largest absolute Gasteiger partial charge is 0.481 e. The third-order valence-corrected chi connectivity index (χ3v) is 4.75. The number of hydrogen-bond acceptors (Lipinski definition) is 2. The SMILES string of the molecule is O=C(O)C1(C2CCCOC2)CCCc2ccccc21. The van der Waals surface area contributed by atoms with Gasteiger partial charge >= 0.3 is 5.97 Å². The van der Waals surface area contributed by atoms with Crippen molar-refractivity contribution in [2.75, 3.05) is 13.2 Å². The summed E-state index contributed by atoms with van der Waals surface area (Å²) in [6, 6.07) is 8.06. The monoisotopic (exact) mass is 260 g/mol. The van der Waals surface area contributed by atoms with Crippen LogP contribution in [0.4, 0.5) is 0 Å². The van der Waals surface area contributed by atoms with E-state index in [1.165, 1.54) is 5.56 Å². The molecule has 1 aromatic carbocycles. The van der Waals surface area contributed by atoms with Crippen molar-refractivity contribution in [3.63, 3.8) is 0 Å². The number of carbonyl (C=O) groups is 1. The summed E-state index contributed by atoms with van der Waals surface area (Å²) in [5, 5.41) is 9.93. The number of benzene rings is 1. The van der Waals surface area contributed by atoms with Crippen LogP contribution in [0.5, 0.6) is 0 Å². The number of ether oxygens (including phenoxy) is 1. The lowest BCUT2D eigenvalue weighted by Crippen LogP contribution is -2.48. The minimum atomic E-state index is -0.727. The second-order valence-electron chi connectivity index (χ2n) is 5.70. The van der Waals surface area contributed by atoms with E-state index >= 15 is 0 Å². The predicted molar refractivity (Wildman–Crippen MR) is 72.2 cm³/mol. The minimum absolute atomic E-state index is 0.111. The topological polar surface area (TPSA) is 46.5 Å². The van der Waals surface area contributed by atoms with Crippen molar-refractivity contribution in [1.29, 1.82) is 0 Å². The van der Waals surface area contributed by atoms with Gasteiger partial charge in [0, 0.05) is 12.5 Å². The third kappa shape index (κ3) is 1.96. The number of carboxylic acids is 1. The maximum atomic E-state index is 12.1. The molecule has 19 heavy (non-hydrogen) atoms. The molecule has 1 saturated heterocycles. The molecule has 1 aliphatic heterocycles. The fourth-order valence-electron chi connectivity index (χ4n) is 3.82. The average molecular weight is 260 g/mol. The molecular formula is C16H20O3. The molecule has 0 radical (unpaired) electrons. The molecular weight excluding hydrogens is 240 g/mol. The zero-order valence-corrected chi connectivity index (χ0v) is 11.1. The van der Waals surface area contributed by atoms with Crippen molar-refractivity contribution in [2.24, 2.45) is 5.92 Å². The van der Waals surface area contributed by atoms with Crippen molar-refractivity contribution in [2.45, 2.75) is 37.5 Å². The molecule has 0 saturated carbocycles. The van der Waals surface area contributed by atoms with Crippen LogP contribution in [-0.2, 0) is 21.4 Å². The number of carboxylic acid groups (broad SMARTS) is 1. The van der Waals surface area contributed by atoms with E-state index in [4.69, 9.17) is 4.74 Å². The van der Waals surface area contributed by atoms with Crippen molar-refractivity contribution in [1.82, 2.24) is 0 Å². The van der Waals surface area contributed by atoms with Gasteiger partial charge in [0.2, 0.25) is 0 Å². The minimum Gasteiger partial charge on any atom is -0.481 e. The molecule has 102 valence electrons. The zero-order chi connectivity index (χ0) is 13.3. The van der Waals surface area contributed by atoms with E-state index in [1.807, 2.05) is 18.2 Å². The molecule has 0 amide bonds. The van der Waals surface area contributed by atoms with Gasteiger partial charge < -0.3 is 9.84 Å². The van der Waals surface area contributed by atoms with E-state index in [0.29, 0.717) is 6.61 Å². The number of fused-ring (bicyclic) bond motifs is 1. The molecule has 0 spiro atoms. The molecule has 1 heterocycles. The maximum Gasteiger partial charge on any atom is 0.314 e. The number of hydrogen-bond donors (Lipinski definition) is 1. The van der Waals surface area contributed by atoms with Crippen molar-refractivity contribution < 1.29 is 14.6 Å². The van der Waals surface area contributed by atoms with Gasteiger partial charge in [-0.1, -0.05) is 24.3 Å². The van der Waals surface area contributed by atoms with Crippen LogP contribution < -0.4 is 0 Å². The number of rotatable bonds is 2. The lowest BCUT2D eigenvalue weighted by molar-refractivity contribution is -0.149. The van der Waals surface area contributed by atoms with Crippen LogP contribution in [0.25, 0.3) is 0 Å². The molecule has 3 rings (SSSR count). The first-order chi connectivity index (χ1) is 9.25. The fourth-order valence-corrected chi connectivity index (χ4v) is 3.82. The third-order valence-electron chi connectivity index (χ3n) is 4.75. The quantitative estimate of drug-likeness (QED) is 0.889. The Hall–Kier alpha value is -1.35. The zero-order valence-electron chi connectivity index (χ0n) is 11.1. The van der Waals surface area contributed by atoms with Crippen LogP contribution in [0.2, 0.25) is 0 Å². The average Bonchev–Trinajstić information content (AvgIpc) is 2.47. The maximum absolute atomic E-state index is 12.1. The summed E-state index contributed by atoms with van der Waals surface area (Å²) in [4.78, 5) is 12.1. The van der Waals surface area contributed by atoms with Crippen LogP contribution in [-0.4, -0.2) is 24.3 Å². The summed E-state index contributed by atoms with van der Waals surface area (Å²) in [6.45, 7) is 1.36. The molecule has 3 heteroatoms. The van der Waals surface area contributed by atoms with Gasteiger partial charge in [0.1, 0.15) is 0 Å². The molecule has 1 fully saturated rings. The Labute approximate surface area is 113 Å². The smallest absolute Gasteiger partial charge is 0.314 e. The van der Waals surface area contributed by atoms with Gasteiger partial charge in [0.05, 0.1) is 12.0 Å². The van der Waals surface area contributed by atoms with Crippen molar-refractivity contribution >= 4 is 5.97 Å². The Bertz CT molecular complexity index is 477. The Morgan fingerprint density at radius 1 is 1.32 bits per heavy atom. The second-order valence-corrected chi connectivity index (χ2v) is 5.70. The summed E-state index contributed by atoms with van der Waals surface area (Å²) in [7, 11) is 0. The Balaban J connectivity index is 2.08. The molecule has 0 aromatic heterocycles. The summed E-state index contributed by atoms with van der Waals surface area (Å²) >= 11 is 0. The molecule has 1 aromatic rings. The summed E-state index contributed by atoms with van der Waals surface area (Å²) < 4.78 is 5.56. The number of aliphatic carboxylic acids is 1. The molecule has 1 aliphatic carbocycles. The predicted octanol–water partition coefficient (Wildman–Crippen LogP) is 2.77. The van der Waals surface area contributed by atoms with Crippen molar-refractivity contribution in [3.8, 4) is 0 Å². The molecule has 3 nitrogen and oxygen atoms in total. The van der Waals surface area contributed by atoms with E-state index in [2.05, 4.69) is 6.07 Å². The van der Waals surface area contributed by atoms with Crippen LogP contribution in [0.1, 0.15) is 36.8 Å². The van der Waals surface area contributed by atoms with Gasteiger partial charge in [-0.05, 0) is 43.2 Å². The second kappa shape index (κ2) is 4.97. The van der Waals surface area contributed by atoms with E-state index in [9.17, 15) is 9.90 Å². The molecule has 2 unspecified atom stereocenters. The lowest BCUT2D eigenvalue weighted by atomic mass is 9.61. The van der Waals surface area contributed by atoms with Crippen LogP contribution in [0.3, 0.4) is 0 Å². The summed E-state index contributed by atoms with van der Waals surface area (Å²) in [5.74, 6) is -0.560. The first kappa shape index (κ1) is 12.7. The molecule has 1 N–H and O–H groups in total. The van der Waals surface area contributed by atoms with Crippen molar-refractivity contribution in [3.05, 3.63) is 35.4 Å². The van der Waals surface area contributed by atoms with Gasteiger partial charge in [-0.3, -0.25) is 4.79 Å². The van der Waals surface area contributed by atoms with Crippen LogP contribution in [0.15, 0.2) is 24.3 Å². The first-order valence-electron chi connectivity index (χ1n) is 7.14. The highest BCUT2D eigenvalue weighted by atomic mass is 16.5. The Kier molecular flexibility index (Phi) is 3.31. The van der Waals surface area contributed by atoms with Gasteiger partial charge in [0.25, 0.3) is 0 Å². The highest BCUT2D eigenvalue weighted by molar-refractivity contribution is 5.83. The first-order valence-corrected chi connectivity index (χ1v) is 7.14. The van der Waals surface area contributed by atoms with Crippen LogP contribution in [0, 0.1) is 5.92 Å². The standard InChI is InChI=1S/C16H20O3/c17-15(18)16(13-7-4-10-19-11-13)9-3-6-12-5-1-2-8-14(12)16/h1-2,5,8,13H,3-4,6-7,9-11H2,(H,17,18). The van der Waals surface area contributed by atoms with Gasteiger partial charge in [-0.15, -0.1) is 0 Å².